The first kappa shape index (κ1) is 18.5. The Morgan fingerprint density at radius 2 is 2.04 bits per heavy atom. The molecule has 1 aliphatic heterocycles. The number of carbonyl (C=O) groups is 2. The molecule has 1 aromatic heterocycles. The van der Waals surface area contributed by atoms with E-state index < -0.39 is 5.97 Å². The zero-order valence-electron chi connectivity index (χ0n) is 14.6. The van der Waals surface area contributed by atoms with Crippen LogP contribution < -0.4 is 14.2 Å². The maximum absolute atomic E-state index is 12.7. The fourth-order valence-electron chi connectivity index (χ4n) is 2.74. The van der Waals surface area contributed by atoms with Crippen molar-refractivity contribution >= 4 is 45.1 Å². The second-order valence-corrected chi connectivity index (χ2v) is 7.71. The number of methoxy groups -OCH3 is 1. The molecule has 0 spiro atoms. The molecule has 28 heavy (non-hydrogen) atoms. The minimum absolute atomic E-state index is 0.174. The van der Waals surface area contributed by atoms with Gasteiger partial charge in [-0.15, -0.1) is 11.3 Å². The van der Waals surface area contributed by atoms with Gasteiger partial charge in [0.15, 0.2) is 5.76 Å². The van der Waals surface area contributed by atoms with Crippen LogP contribution in [0.1, 0.15) is 25.6 Å². The number of fused-ring (bicyclic) bond motifs is 1. The summed E-state index contributed by atoms with van der Waals surface area (Å²) in [5.41, 5.74) is 1.12. The number of ether oxygens (including phenoxy) is 3. The molecule has 0 saturated heterocycles. The molecule has 4 rings (SSSR count). The van der Waals surface area contributed by atoms with Gasteiger partial charge in [0.1, 0.15) is 22.1 Å². The average Bonchev–Trinajstić information content (AvgIpc) is 3.31. The van der Waals surface area contributed by atoms with Crippen LogP contribution >= 0.6 is 27.3 Å². The van der Waals surface area contributed by atoms with Gasteiger partial charge in [0.25, 0.3) is 0 Å². The van der Waals surface area contributed by atoms with Gasteiger partial charge in [-0.25, -0.2) is 4.79 Å². The first-order chi connectivity index (χ1) is 13.5. The molecule has 0 aliphatic carbocycles. The molecule has 0 saturated carbocycles. The van der Waals surface area contributed by atoms with E-state index in [9.17, 15) is 9.59 Å². The van der Waals surface area contributed by atoms with Gasteiger partial charge >= 0.3 is 5.97 Å². The van der Waals surface area contributed by atoms with Gasteiger partial charge in [0, 0.05) is 16.1 Å². The lowest BCUT2D eigenvalue weighted by Crippen LogP contribution is -2.06. The molecule has 0 atom stereocenters. The third kappa shape index (κ3) is 3.58. The highest BCUT2D eigenvalue weighted by Gasteiger charge is 2.28. The monoisotopic (exact) mass is 456 g/mol. The second-order valence-electron chi connectivity index (χ2n) is 5.85. The zero-order chi connectivity index (χ0) is 19.7. The second kappa shape index (κ2) is 7.61. The summed E-state index contributed by atoms with van der Waals surface area (Å²) in [6.45, 7) is 0. The number of hydrogen-bond acceptors (Lipinski definition) is 6. The van der Waals surface area contributed by atoms with Crippen LogP contribution in [0.3, 0.4) is 0 Å². The van der Waals surface area contributed by atoms with E-state index in [4.69, 9.17) is 14.2 Å². The van der Waals surface area contributed by atoms with Gasteiger partial charge in [-0.3, -0.25) is 4.79 Å². The lowest BCUT2D eigenvalue weighted by atomic mass is 10.1. The maximum Gasteiger partial charge on any atom is 0.353 e. The molecule has 0 amide bonds. The highest BCUT2D eigenvalue weighted by molar-refractivity contribution is 9.10. The summed E-state index contributed by atoms with van der Waals surface area (Å²) >= 11 is 4.71. The van der Waals surface area contributed by atoms with Crippen LogP contribution in [-0.2, 0) is 0 Å². The summed E-state index contributed by atoms with van der Waals surface area (Å²) in [4.78, 5) is 25.3. The van der Waals surface area contributed by atoms with E-state index in [2.05, 4.69) is 15.9 Å². The van der Waals surface area contributed by atoms with Crippen LogP contribution in [0.15, 0.2) is 64.1 Å². The highest BCUT2D eigenvalue weighted by Crippen LogP contribution is 2.36. The third-order valence-electron chi connectivity index (χ3n) is 4.05. The maximum atomic E-state index is 12.7. The van der Waals surface area contributed by atoms with Crippen LogP contribution in [0.5, 0.6) is 17.2 Å². The summed E-state index contributed by atoms with van der Waals surface area (Å²) < 4.78 is 17.3. The van der Waals surface area contributed by atoms with Crippen molar-refractivity contribution in [2.45, 2.75) is 0 Å². The van der Waals surface area contributed by atoms with Crippen molar-refractivity contribution in [3.8, 4) is 17.2 Å². The lowest BCUT2D eigenvalue weighted by molar-refractivity contribution is 0.0739. The Balaban J connectivity index is 1.60. The quantitative estimate of drug-likeness (QED) is 0.300. The van der Waals surface area contributed by atoms with Crippen LogP contribution in [0.25, 0.3) is 6.08 Å². The molecule has 5 nitrogen and oxygen atoms in total. The van der Waals surface area contributed by atoms with E-state index >= 15 is 0 Å². The normalized spacial score (nSPS) is 13.9. The third-order valence-corrected chi connectivity index (χ3v) is 5.40. The van der Waals surface area contributed by atoms with Gasteiger partial charge in [-0.1, -0.05) is 22.0 Å². The number of ketones is 1. The Kier molecular flexibility index (Phi) is 5.02. The number of halogens is 1. The number of Topliss-reactive ketones (excluding diaryl/α,β-unsaturated/α-hetero) is 1. The zero-order valence-corrected chi connectivity index (χ0v) is 17.0. The van der Waals surface area contributed by atoms with E-state index in [-0.39, 0.29) is 11.5 Å². The van der Waals surface area contributed by atoms with Crippen molar-refractivity contribution in [3.63, 3.8) is 0 Å². The topological polar surface area (TPSA) is 61.8 Å². The minimum Gasteiger partial charge on any atom is -0.496 e. The fraction of sp³-hybridized carbons (Fsp3) is 0.0476. The van der Waals surface area contributed by atoms with Crippen molar-refractivity contribution in [3.05, 3.63) is 80.1 Å². The number of hydrogen-bond donors (Lipinski definition) is 0. The van der Waals surface area contributed by atoms with Gasteiger partial charge < -0.3 is 14.2 Å². The van der Waals surface area contributed by atoms with E-state index in [1.54, 1.807) is 48.9 Å². The van der Waals surface area contributed by atoms with Crippen LogP contribution in [0.2, 0.25) is 0 Å². The SMILES string of the molecule is COc1ccc(Br)cc1C=C1Oc2cc(OC(=O)c3cccs3)ccc2C1=O. The summed E-state index contributed by atoms with van der Waals surface area (Å²) in [5, 5.41) is 1.80. The molecular formula is C21H13BrO5S. The first-order valence-electron chi connectivity index (χ1n) is 8.22. The predicted octanol–water partition coefficient (Wildman–Crippen LogP) is 5.35. The van der Waals surface area contributed by atoms with Gasteiger partial charge in [-0.05, 0) is 47.9 Å². The Morgan fingerprint density at radius 1 is 1.18 bits per heavy atom. The van der Waals surface area contributed by atoms with Crippen LogP contribution in [-0.4, -0.2) is 18.9 Å². The van der Waals surface area contributed by atoms with Crippen molar-refractivity contribution in [1.82, 2.24) is 0 Å². The predicted molar refractivity (Wildman–Crippen MR) is 109 cm³/mol. The number of esters is 1. The van der Waals surface area contributed by atoms with Crippen molar-refractivity contribution in [1.29, 1.82) is 0 Å². The number of carbonyl (C=O) groups excluding carboxylic acids is 2. The van der Waals surface area contributed by atoms with Crippen molar-refractivity contribution in [2.75, 3.05) is 7.11 Å². The number of allylic oxidation sites excluding steroid dienone is 1. The first-order valence-corrected chi connectivity index (χ1v) is 9.90. The molecule has 1 aliphatic rings. The van der Waals surface area contributed by atoms with Gasteiger partial charge in [0.05, 0.1) is 12.7 Å². The number of rotatable bonds is 4. The van der Waals surface area contributed by atoms with E-state index in [0.717, 1.165) is 4.47 Å². The largest absolute Gasteiger partial charge is 0.496 e. The Bertz CT molecular complexity index is 1100. The molecule has 2 aromatic carbocycles. The Labute approximate surface area is 173 Å². The molecule has 140 valence electrons. The summed E-state index contributed by atoms with van der Waals surface area (Å²) in [6.07, 6.45) is 1.63. The summed E-state index contributed by atoms with van der Waals surface area (Å²) in [6, 6.07) is 13.7. The number of thiophene rings is 1. The molecular weight excluding hydrogens is 444 g/mol. The van der Waals surface area contributed by atoms with Crippen LogP contribution in [0, 0.1) is 0 Å². The van der Waals surface area contributed by atoms with Gasteiger partial charge in [-0.2, -0.15) is 0 Å². The molecule has 0 radical (unpaired) electrons. The van der Waals surface area contributed by atoms with Crippen molar-refractivity contribution in [2.24, 2.45) is 0 Å². The van der Waals surface area contributed by atoms with E-state index in [1.807, 2.05) is 12.1 Å². The standard InChI is InChI=1S/C21H13BrO5S/c1-25-16-7-4-13(22)9-12(16)10-18-20(23)15-6-5-14(11-17(15)27-18)26-21(24)19-3-2-8-28-19/h2-11H,1H3. The Morgan fingerprint density at radius 3 is 2.79 bits per heavy atom. The molecule has 7 heteroatoms. The summed E-state index contributed by atoms with van der Waals surface area (Å²) in [5.74, 6) is 0.761. The van der Waals surface area contributed by atoms with E-state index in [0.29, 0.717) is 33.3 Å². The molecule has 0 unspecified atom stereocenters. The van der Waals surface area contributed by atoms with Crippen LogP contribution in [0.4, 0.5) is 0 Å². The van der Waals surface area contributed by atoms with Gasteiger partial charge in [0.2, 0.25) is 5.78 Å². The van der Waals surface area contributed by atoms with E-state index in [1.165, 1.54) is 17.4 Å². The Hall–Kier alpha value is -2.90. The average molecular weight is 457 g/mol. The highest BCUT2D eigenvalue weighted by atomic mass is 79.9. The number of benzene rings is 2. The molecule has 3 aromatic rings. The molecule has 0 bridgehead atoms. The lowest BCUT2D eigenvalue weighted by Gasteiger charge is -2.06. The summed E-state index contributed by atoms with van der Waals surface area (Å²) in [7, 11) is 1.56. The molecule has 0 fully saturated rings. The molecule has 2 heterocycles. The fourth-order valence-corrected chi connectivity index (χ4v) is 3.72. The smallest absolute Gasteiger partial charge is 0.353 e. The molecule has 0 N–H and O–H groups in total. The van der Waals surface area contributed by atoms with Crippen molar-refractivity contribution < 1.29 is 23.8 Å². The minimum atomic E-state index is -0.450.